The average molecular weight is 265 g/mol. The zero-order valence-corrected chi connectivity index (χ0v) is 11.9. The Kier molecular flexibility index (Phi) is 4.95. The van der Waals surface area contributed by atoms with Gasteiger partial charge in [0.05, 0.1) is 5.25 Å². The van der Waals surface area contributed by atoms with Gasteiger partial charge in [-0.2, -0.15) is 0 Å². The van der Waals surface area contributed by atoms with Gasteiger partial charge in [0, 0.05) is 22.1 Å². The summed E-state index contributed by atoms with van der Waals surface area (Å²) in [6.45, 7) is 2.03. The summed E-state index contributed by atoms with van der Waals surface area (Å²) in [4.78, 5) is 0. The Labute approximate surface area is 112 Å². The van der Waals surface area contributed by atoms with Crippen LogP contribution in [0.2, 0.25) is 0 Å². The molecule has 3 heteroatoms. The summed E-state index contributed by atoms with van der Waals surface area (Å²) in [5, 5.41) is 0.402. The van der Waals surface area contributed by atoms with E-state index in [-0.39, 0.29) is 11.3 Å². The minimum Gasteiger partial charge on any atom is -0.323 e. The summed E-state index contributed by atoms with van der Waals surface area (Å²) in [6, 6.07) is 9.91. The average Bonchev–Trinajstić information content (AvgIpc) is 2.47. The molecule has 0 saturated heterocycles. The van der Waals surface area contributed by atoms with Crippen molar-refractivity contribution in [1.82, 2.24) is 0 Å². The molecule has 1 aromatic carbocycles. The van der Waals surface area contributed by atoms with Crippen LogP contribution in [0, 0.1) is 0 Å². The van der Waals surface area contributed by atoms with Crippen molar-refractivity contribution in [3.05, 3.63) is 35.9 Å². The molecule has 0 bridgehead atoms. The molecule has 1 aliphatic carbocycles. The van der Waals surface area contributed by atoms with Crippen LogP contribution >= 0.6 is 0 Å². The summed E-state index contributed by atoms with van der Waals surface area (Å²) in [7, 11) is -0.807. The predicted octanol–water partition coefficient (Wildman–Crippen LogP) is 3.16. The van der Waals surface area contributed by atoms with E-state index in [2.05, 4.69) is 0 Å². The van der Waals surface area contributed by atoms with Gasteiger partial charge in [-0.3, -0.25) is 4.21 Å². The standard InChI is InChI=1S/C15H23NOS/c1-12(15(16)13-8-4-2-5-9-13)18(17)14-10-6-3-7-11-14/h2,4-5,8-9,12,14-15H,3,6-7,10-11,16H2,1H3. The van der Waals surface area contributed by atoms with E-state index in [1.807, 2.05) is 37.3 Å². The van der Waals surface area contributed by atoms with Gasteiger partial charge in [0.1, 0.15) is 0 Å². The first-order chi connectivity index (χ1) is 8.70. The minimum absolute atomic E-state index is 0.0375. The van der Waals surface area contributed by atoms with E-state index in [0.29, 0.717) is 5.25 Å². The van der Waals surface area contributed by atoms with Gasteiger partial charge in [-0.05, 0) is 25.3 Å². The number of nitrogens with two attached hydrogens (primary N) is 1. The van der Waals surface area contributed by atoms with Gasteiger partial charge >= 0.3 is 0 Å². The quantitative estimate of drug-likeness (QED) is 0.908. The number of hydrogen-bond donors (Lipinski definition) is 1. The maximum absolute atomic E-state index is 12.5. The first-order valence-electron chi connectivity index (χ1n) is 6.90. The van der Waals surface area contributed by atoms with Crippen molar-refractivity contribution in [2.24, 2.45) is 5.73 Å². The summed E-state index contributed by atoms with van der Waals surface area (Å²) in [5.41, 5.74) is 7.34. The zero-order valence-electron chi connectivity index (χ0n) is 11.0. The van der Waals surface area contributed by atoms with Gasteiger partial charge in [-0.25, -0.2) is 0 Å². The SMILES string of the molecule is CC(C(N)c1ccccc1)S(=O)C1CCCCC1. The van der Waals surface area contributed by atoms with Crippen LogP contribution in [0.15, 0.2) is 30.3 Å². The molecule has 1 fully saturated rings. The molecule has 2 N–H and O–H groups in total. The molecule has 2 nitrogen and oxygen atoms in total. The van der Waals surface area contributed by atoms with E-state index >= 15 is 0 Å². The maximum Gasteiger partial charge on any atom is 0.0515 e. The predicted molar refractivity (Wildman–Crippen MR) is 77.8 cm³/mol. The molecule has 0 radical (unpaired) electrons. The van der Waals surface area contributed by atoms with E-state index in [9.17, 15) is 4.21 Å². The van der Waals surface area contributed by atoms with Crippen molar-refractivity contribution in [1.29, 1.82) is 0 Å². The second-order valence-electron chi connectivity index (χ2n) is 5.23. The molecule has 18 heavy (non-hydrogen) atoms. The van der Waals surface area contributed by atoms with Gasteiger partial charge in [0.2, 0.25) is 0 Å². The van der Waals surface area contributed by atoms with E-state index in [1.54, 1.807) is 0 Å². The van der Waals surface area contributed by atoms with Gasteiger partial charge in [-0.1, -0.05) is 49.6 Å². The zero-order chi connectivity index (χ0) is 13.0. The molecule has 1 aromatic rings. The second kappa shape index (κ2) is 6.48. The monoisotopic (exact) mass is 265 g/mol. The van der Waals surface area contributed by atoms with Crippen LogP contribution in [0.4, 0.5) is 0 Å². The summed E-state index contributed by atoms with van der Waals surface area (Å²) < 4.78 is 12.5. The Morgan fingerprint density at radius 3 is 2.39 bits per heavy atom. The van der Waals surface area contributed by atoms with Crippen molar-refractivity contribution >= 4 is 10.8 Å². The fourth-order valence-corrected chi connectivity index (χ4v) is 4.54. The number of rotatable bonds is 4. The van der Waals surface area contributed by atoms with Gasteiger partial charge in [0.15, 0.2) is 0 Å². The Morgan fingerprint density at radius 1 is 1.17 bits per heavy atom. The van der Waals surface area contributed by atoms with E-state index in [0.717, 1.165) is 18.4 Å². The van der Waals surface area contributed by atoms with E-state index < -0.39 is 10.8 Å². The largest absolute Gasteiger partial charge is 0.323 e. The van der Waals surface area contributed by atoms with Crippen LogP contribution in [-0.4, -0.2) is 14.7 Å². The normalized spacial score (nSPS) is 22.3. The lowest BCUT2D eigenvalue weighted by molar-refractivity contribution is 0.499. The Balaban J connectivity index is 2.01. The third-order valence-corrected chi connectivity index (χ3v) is 6.09. The lowest BCUT2D eigenvalue weighted by Crippen LogP contribution is -2.34. The van der Waals surface area contributed by atoms with Crippen molar-refractivity contribution in [3.63, 3.8) is 0 Å². The van der Waals surface area contributed by atoms with Crippen LogP contribution in [0.1, 0.15) is 50.6 Å². The lowest BCUT2D eigenvalue weighted by Gasteiger charge is -2.27. The molecule has 0 heterocycles. The molecule has 0 amide bonds. The molecule has 3 unspecified atom stereocenters. The first-order valence-corrected chi connectivity index (χ1v) is 8.17. The van der Waals surface area contributed by atoms with E-state index in [1.165, 1.54) is 19.3 Å². The highest BCUT2D eigenvalue weighted by Gasteiger charge is 2.28. The molecule has 0 spiro atoms. The van der Waals surface area contributed by atoms with Crippen LogP contribution < -0.4 is 5.73 Å². The molecule has 100 valence electrons. The number of benzene rings is 1. The van der Waals surface area contributed by atoms with Crippen molar-refractivity contribution in [3.8, 4) is 0 Å². The molecular formula is C15H23NOS. The van der Waals surface area contributed by atoms with Crippen molar-refractivity contribution < 1.29 is 4.21 Å². The number of hydrogen-bond acceptors (Lipinski definition) is 2. The minimum atomic E-state index is -0.807. The molecule has 0 aliphatic heterocycles. The molecule has 3 atom stereocenters. The molecule has 0 aromatic heterocycles. The van der Waals surface area contributed by atoms with Gasteiger partial charge in [0.25, 0.3) is 0 Å². The van der Waals surface area contributed by atoms with Gasteiger partial charge < -0.3 is 5.73 Å². The highest BCUT2D eigenvalue weighted by Crippen LogP contribution is 2.27. The van der Waals surface area contributed by atoms with Crippen LogP contribution in [-0.2, 0) is 10.8 Å². The van der Waals surface area contributed by atoms with Gasteiger partial charge in [-0.15, -0.1) is 0 Å². The van der Waals surface area contributed by atoms with E-state index in [4.69, 9.17) is 5.73 Å². The first kappa shape index (κ1) is 13.8. The summed E-state index contributed by atoms with van der Waals surface area (Å²) in [5.74, 6) is 0. The fraction of sp³-hybridized carbons (Fsp3) is 0.600. The third-order valence-electron chi connectivity index (χ3n) is 3.94. The lowest BCUT2D eigenvalue weighted by atomic mass is 10.0. The Hall–Kier alpha value is -0.670. The van der Waals surface area contributed by atoms with Crippen LogP contribution in [0.5, 0.6) is 0 Å². The maximum atomic E-state index is 12.5. The van der Waals surface area contributed by atoms with Crippen molar-refractivity contribution in [2.75, 3.05) is 0 Å². The molecule has 1 aliphatic rings. The summed E-state index contributed by atoms with van der Waals surface area (Å²) >= 11 is 0. The third kappa shape index (κ3) is 3.21. The molecule has 2 rings (SSSR count). The van der Waals surface area contributed by atoms with Crippen molar-refractivity contribution in [2.45, 2.75) is 55.6 Å². The highest BCUT2D eigenvalue weighted by atomic mass is 32.2. The molecular weight excluding hydrogens is 242 g/mol. The second-order valence-corrected chi connectivity index (χ2v) is 7.30. The Morgan fingerprint density at radius 2 is 1.78 bits per heavy atom. The van der Waals surface area contributed by atoms with Crippen LogP contribution in [0.3, 0.4) is 0 Å². The topological polar surface area (TPSA) is 43.1 Å². The van der Waals surface area contributed by atoms with Crippen LogP contribution in [0.25, 0.3) is 0 Å². The summed E-state index contributed by atoms with van der Waals surface area (Å²) in [6.07, 6.45) is 5.97. The highest BCUT2D eigenvalue weighted by molar-refractivity contribution is 7.86. The molecule has 1 saturated carbocycles. The fourth-order valence-electron chi connectivity index (χ4n) is 2.69. The smallest absolute Gasteiger partial charge is 0.0515 e. The Bertz CT molecular complexity index is 387.